The van der Waals surface area contributed by atoms with Crippen LogP contribution in [0.1, 0.15) is 33.3 Å². The van der Waals surface area contributed by atoms with Gasteiger partial charge in [0.25, 0.3) is 0 Å². The Morgan fingerprint density at radius 2 is 1.68 bits per heavy atom. The monoisotopic (exact) mass is 383 g/mol. The third kappa shape index (κ3) is 4.31. The maximum Gasteiger partial charge on any atom is 0.494 e. The Hall–Kier alpha value is -2.51. The van der Waals surface area contributed by atoms with Crippen molar-refractivity contribution in [2.75, 3.05) is 12.4 Å². The molecule has 0 radical (unpaired) electrons. The van der Waals surface area contributed by atoms with E-state index < -0.39 is 24.4 Å². The topological polar surface area (TPSA) is 66.0 Å². The number of hydrogen-bond acceptors (Lipinski definition) is 5. The molecule has 0 saturated carbocycles. The summed E-state index contributed by atoms with van der Waals surface area (Å²) in [6.07, 6.45) is -0.550. The third-order valence-electron chi connectivity index (χ3n) is 5.20. The van der Waals surface area contributed by atoms with Gasteiger partial charge in [0.1, 0.15) is 12.4 Å². The Bertz CT molecular complexity index is 822. The van der Waals surface area contributed by atoms with Crippen molar-refractivity contribution < 1.29 is 23.6 Å². The number of carbonyl (C=O) groups is 1. The predicted octanol–water partition coefficient (Wildman–Crippen LogP) is 3.74. The lowest BCUT2D eigenvalue weighted by molar-refractivity contribution is 0.00578. The smallest absolute Gasteiger partial charge is 0.494 e. The summed E-state index contributed by atoms with van der Waals surface area (Å²) in [6, 6.07) is 14.9. The molecule has 0 bridgehead atoms. The molecule has 1 aliphatic heterocycles. The van der Waals surface area contributed by atoms with Crippen molar-refractivity contribution in [3.05, 3.63) is 54.1 Å². The first-order valence-corrected chi connectivity index (χ1v) is 9.23. The standard InChI is InChI=1S/C21H26BNO5/c1-20(2)21(3,4)28-22(27-20)16-11-12-17(18(13-16)25-5)23-19(24)26-14-15-9-7-6-8-10-15/h6-13H,14H2,1-5H3,(H,23,24). The van der Waals surface area contributed by atoms with Gasteiger partial charge in [-0.25, -0.2) is 4.79 Å². The molecule has 2 aromatic carbocycles. The van der Waals surface area contributed by atoms with E-state index in [1.165, 1.54) is 0 Å². The van der Waals surface area contributed by atoms with E-state index in [-0.39, 0.29) is 6.61 Å². The van der Waals surface area contributed by atoms with Crippen LogP contribution in [-0.4, -0.2) is 31.5 Å². The molecule has 1 amide bonds. The third-order valence-corrected chi connectivity index (χ3v) is 5.20. The molecule has 6 nitrogen and oxygen atoms in total. The van der Waals surface area contributed by atoms with E-state index in [1.54, 1.807) is 19.2 Å². The van der Waals surface area contributed by atoms with Gasteiger partial charge >= 0.3 is 13.2 Å². The zero-order chi connectivity index (χ0) is 20.4. The number of anilines is 1. The number of methoxy groups -OCH3 is 1. The van der Waals surface area contributed by atoms with E-state index in [9.17, 15) is 4.79 Å². The molecule has 28 heavy (non-hydrogen) atoms. The van der Waals surface area contributed by atoms with Crippen molar-refractivity contribution in [2.45, 2.75) is 45.5 Å². The molecule has 1 heterocycles. The Balaban J connectivity index is 1.67. The van der Waals surface area contributed by atoms with Crippen molar-refractivity contribution in [3.8, 4) is 5.75 Å². The summed E-state index contributed by atoms with van der Waals surface area (Å²) in [5.41, 5.74) is 1.40. The molecule has 1 saturated heterocycles. The van der Waals surface area contributed by atoms with Crippen LogP contribution in [0.3, 0.4) is 0 Å². The van der Waals surface area contributed by atoms with Gasteiger partial charge in [0.2, 0.25) is 0 Å². The van der Waals surface area contributed by atoms with Crippen LogP contribution in [-0.2, 0) is 20.7 Å². The van der Waals surface area contributed by atoms with Gasteiger partial charge in [-0.05, 0) is 50.9 Å². The average molecular weight is 383 g/mol. The van der Waals surface area contributed by atoms with E-state index in [2.05, 4.69) is 5.32 Å². The molecule has 7 heteroatoms. The number of amides is 1. The first kappa shape index (κ1) is 20.2. The lowest BCUT2D eigenvalue weighted by Crippen LogP contribution is -2.41. The van der Waals surface area contributed by atoms with Crippen LogP contribution in [0.25, 0.3) is 0 Å². The van der Waals surface area contributed by atoms with Crippen molar-refractivity contribution in [1.29, 1.82) is 0 Å². The summed E-state index contributed by atoms with van der Waals surface area (Å²) in [5.74, 6) is 0.504. The normalized spacial score (nSPS) is 17.2. The maximum atomic E-state index is 12.1. The molecule has 1 fully saturated rings. The van der Waals surface area contributed by atoms with Crippen molar-refractivity contribution in [2.24, 2.45) is 0 Å². The second-order valence-electron chi connectivity index (χ2n) is 7.73. The van der Waals surface area contributed by atoms with Crippen molar-refractivity contribution in [3.63, 3.8) is 0 Å². The minimum Gasteiger partial charge on any atom is -0.495 e. The van der Waals surface area contributed by atoms with Crippen LogP contribution in [0.5, 0.6) is 5.75 Å². The summed E-state index contributed by atoms with van der Waals surface area (Å²) in [5, 5.41) is 2.71. The molecule has 3 rings (SSSR count). The Morgan fingerprint density at radius 1 is 1.04 bits per heavy atom. The van der Waals surface area contributed by atoms with Gasteiger partial charge in [-0.15, -0.1) is 0 Å². The molecule has 1 aliphatic rings. The Morgan fingerprint density at radius 3 is 2.29 bits per heavy atom. The summed E-state index contributed by atoms with van der Waals surface area (Å²) in [4.78, 5) is 12.1. The highest BCUT2D eigenvalue weighted by Gasteiger charge is 2.51. The van der Waals surface area contributed by atoms with Crippen LogP contribution < -0.4 is 15.5 Å². The fourth-order valence-electron chi connectivity index (χ4n) is 2.81. The van der Waals surface area contributed by atoms with E-state index in [4.69, 9.17) is 18.8 Å². The largest absolute Gasteiger partial charge is 0.495 e. The number of hydrogen-bond donors (Lipinski definition) is 1. The summed E-state index contributed by atoms with van der Waals surface area (Å²) >= 11 is 0. The minimum atomic E-state index is -0.550. The number of nitrogens with one attached hydrogen (secondary N) is 1. The average Bonchev–Trinajstić information content (AvgIpc) is 2.88. The van der Waals surface area contributed by atoms with Crippen LogP contribution >= 0.6 is 0 Å². The van der Waals surface area contributed by atoms with Crippen molar-refractivity contribution >= 4 is 24.4 Å². The highest BCUT2D eigenvalue weighted by molar-refractivity contribution is 6.62. The number of ether oxygens (including phenoxy) is 2. The SMILES string of the molecule is COc1cc(B2OC(C)(C)C(C)(C)O2)ccc1NC(=O)OCc1ccccc1. The highest BCUT2D eigenvalue weighted by Crippen LogP contribution is 2.37. The highest BCUT2D eigenvalue weighted by atomic mass is 16.7. The second-order valence-corrected chi connectivity index (χ2v) is 7.73. The van der Waals surface area contributed by atoms with Gasteiger partial charge in [0.05, 0.1) is 24.0 Å². The van der Waals surface area contributed by atoms with Crippen LogP contribution in [0, 0.1) is 0 Å². The molecule has 0 spiro atoms. The molecule has 2 aromatic rings. The lowest BCUT2D eigenvalue weighted by atomic mass is 9.79. The summed E-state index contributed by atoms with van der Waals surface area (Å²) in [6.45, 7) is 8.21. The van der Waals surface area contributed by atoms with E-state index in [0.717, 1.165) is 11.0 Å². The predicted molar refractivity (Wildman–Crippen MR) is 109 cm³/mol. The fraction of sp³-hybridized carbons (Fsp3) is 0.381. The molecule has 0 unspecified atom stereocenters. The summed E-state index contributed by atoms with van der Waals surface area (Å²) < 4.78 is 22.8. The first-order chi connectivity index (χ1) is 13.2. The number of rotatable bonds is 5. The fourth-order valence-corrected chi connectivity index (χ4v) is 2.81. The van der Waals surface area contributed by atoms with Gasteiger partial charge in [0.15, 0.2) is 0 Å². The van der Waals surface area contributed by atoms with Crippen LogP contribution in [0.4, 0.5) is 10.5 Å². The van der Waals surface area contributed by atoms with E-state index in [0.29, 0.717) is 11.4 Å². The molecule has 0 aliphatic carbocycles. The Kier molecular flexibility index (Phi) is 5.68. The zero-order valence-corrected chi connectivity index (χ0v) is 16.9. The second kappa shape index (κ2) is 7.85. The Labute approximate surface area is 166 Å². The maximum absolute atomic E-state index is 12.1. The van der Waals surface area contributed by atoms with Crippen molar-refractivity contribution in [1.82, 2.24) is 0 Å². The molecule has 0 aromatic heterocycles. The zero-order valence-electron chi connectivity index (χ0n) is 16.9. The van der Waals surface area contributed by atoms with Gasteiger partial charge in [-0.2, -0.15) is 0 Å². The van der Waals surface area contributed by atoms with Gasteiger partial charge in [-0.3, -0.25) is 5.32 Å². The van der Waals surface area contributed by atoms with Gasteiger partial charge in [0, 0.05) is 0 Å². The minimum absolute atomic E-state index is 0.195. The van der Waals surface area contributed by atoms with Gasteiger partial charge in [-0.1, -0.05) is 36.4 Å². The van der Waals surface area contributed by atoms with Crippen LogP contribution in [0.2, 0.25) is 0 Å². The van der Waals surface area contributed by atoms with E-state index in [1.807, 2.05) is 64.1 Å². The first-order valence-electron chi connectivity index (χ1n) is 9.23. The number of carbonyl (C=O) groups excluding carboxylic acids is 1. The molecule has 1 N–H and O–H groups in total. The molecular formula is C21H26BNO5. The van der Waals surface area contributed by atoms with Crippen LogP contribution in [0.15, 0.2) is 48.5 Å². The number of benzene rings is 2. The van der Waals surface area contributed by atoms with Gasteiger partial charge < -0.3 is 18.8 Å². The molecule has 0 atom stereocenters. The van der Waals surface area contributed by atoms with E-state index >= 15 is 0 Å². The lowest BCUT2D eigenvalue weighted by Gasteiger charge is -2.32. The molecule has 148 valence electrons. The molecular weight excluding hydrogens is 357 g/mol. The summed E-state index contributed by atoms with van der Waals surface area (Å²) in [7, 11) is 1.04. The quantitative estimate of drug-likeness (QED) is 0.797.